The molecule has 4 rings (SSSR count). The van der Waals surface area contributed by atoms with Gasteiger partial charge in [-0.05, 0) is 23.3 Å². The van der Waals surface area contributed by atoms with Gasteiger partial charge in [0.15, 0.2) is 5.82 Å². The number of carbonyl (C=O) groups is 1. The Morgan fingerprint density at radius 3 is 2.58 bits per heavy atom. The minimum atomic E-state index is -0.501. The van der Waals surface area contributed by atoms with E-state index in [4.69, 9.17) is 4.74 Å². The van der Waals surface area contributed by atoms with Crippen molar-refractivity contribution >= 4 is 11.7 Å². The number of ether oxygens (including phenoxy) is 1. The molecule has 0 unspecified atom stereocenters. The molecule has 1 aliphatic heterocycles. The number of anilines is 1. The highest BCUT2D eigenvalue weighted by atomic mass is 16.5. The number of rotatable bonds is 6. The lowest BCUT2D eigenvalue weighted by molar-refractivity contribution is 0.0958. The lowest BCUT2D eigenvalue weighted by Gasteiger charge is -2.37. The fourth-order valence-electron chi connectivity index (χ4n) is 3.58. The standard InChI is InChI=1S/C24H20N6O3/c1-27-23(32)20-9-15(7-8-28-20)14-33-24-19(11-26)21(16-5-3-2-4-6-16)18(10-25)22(29-24)30-12-17(31)13-30/h2-9,17,31H,12-14H2,1H3,(H,27,32). The molecule has 33 heavy (non-hydrogen) atoms. The average Bonchev–Trinajstić information content (AvgIpc) is 2.84. The van der Waals surface area contributed by atoms with Crippen molar-refractivity contribution in [3.05, 3.63) is 71.0 Å². The van der Waals surface area contributed by atoms with E-state index in [-0.39, 0.29) is 35.2 Å². The normalized spacial score (nSPS) is 12.9. The van der Waals surface area contributed by atoms with Crippen LogP contribution in [0.1, 0.15) is 27.2 Å². The number of aliphatic hydroxyl groups excluding tert-OH is 1. The molecule has 2 aromatic heterocycles. The van der Waals surface area contributed by atoms with Crippen LogP contribution < -0.4 is 15.0 Å². The first kappa shape index (κ1) is 21.8. The lowest BCUT2D eigenvalue weighted by Crippen LogP contribution is -2.51. The number of β-amino-alcohol motifs (C(OH)–C–C–N with tert-alkyl or cyclic N) is 1. The maximum absolute atomic E-state index is 11.9. The van der Waals surface area contributed by atoms with E-state index < -0.39 is 6.10 Å². The first-order valence-electron chi connectivity index (χ1n) is 10.2. The smallest absolute Gasteiger partial charge is 0.269 e. The van der Waals surface area contributed by atoms with E-state index in [2.05, 4.69) is 27.4 Å². The van der Waals surface area contributed by atoms with Crippen molar-refractivity contribution in [1.29, 1.82) is 10.5 Å². The van der Waals surface area contributed by atoms with Gasteiger partial charge in [0.1, 0.15) is 35.6 Å². The summed E-state index contributed by atoms with van der Waals surface area (Å²) in [6, 6.07) is 16.7. The molecule has 9 nitrogen and oxygen atoms in total. The number of amides is 1. The number of nitriles is 2. The number of hydrogen-bond donors (Lipinski definition) is 2. The van der Waals surface area contributed by atoms with E-state index in [0.29, 0.717) is 35.6 Å². The summed E-state index contributed by atoms with van der Waals surface area (Å²) in [6.07, 6.45) is 1.00. The second-order valence-corrected chi connectivity index (χ2v) is 7.43. The van der Waals surface area contributed by atoms with Crippen LogP contribution in [0.15, 0.2) is 48.7 Å². The zero-order chi connectivity index (χ0) is 23.4. The van der Waals surface area contributed by atoms with Gasteiger partial charge in [0, 0.05) is 31.9 Å². The highest BCUT2D eigenvalue weighted by Gasteiger charge is 2.31. The molecule has 0 atom stereocenters. The molecule has 0 radical (unpaired) electrons. The fourth-order valence-corrected chi connectivity index (χ4v) is 3.58. The molecular weight excluding hydrogens is 420 g/mol. The van der Waals surface area contributed by atoms with Crippen molar-refractivity contribution in [1.82, 2.24) is 15.3 Å². The second-order valence-electron chi connectivity index (χ2n) is 7.43. The van der Waals surface area contributed by atoms with E-state index in [1.807, 2.05) is 30.3 Å². The van der Waals surface area contributed by atoms with Gasteiger partial charge in [-0.25, -0.2) is 0 Å². The van der Waals surface area contributed by atoms with Crippen LogP contribution in [-0.2, 0) is 6.61 Å². The number of nitrogens with one attached hydrogen (secondary N) is 1. The van der Waals surface area contributed by atoms with Gasteiger partial charge in [0.05, 0.1) is 6.10 Å². The highest BCUT2D eigenvalue weighted by Crippen LogP contribution is 2.38. The van der Waals surface area contributed by atoms with Crippen molar-refractivity contribution in [3.8, 4) is 29.1 Å². The van der Waals surface area contributed by atoms with Crippen LogP contribution in [0.5, 0.6) is 5.88 Å². The first-order valence-corrected chi connectivity index (χ1v) is 10.2. The Labute approximate surface area is 190 Å². The number of nitrogens with zero attached hydrogens (tertiary/aromatic N) is 5. The third-order valence-corrected chi connectivity index (χ3v) is 5.25. The van der Waals surface area contributed by atoms with E-state index >= 15 is 0 Å². The molecule has 1 aliphatic rings. The predicted molar refractivity (Wildman–Crippen MR) is 119 cm³/mol. The molecular formula is C24H20N6O3. The molecule has 3 aromatic rings. The average molecular weight is 440 g/mol. The Morgan fingerprint density at radius 2 is 1.94 bits per heavy atom. The molecule has 3 heterocycles. The number of hydrogen-bond acceptors (Lipinski definition) is 8. The van der Waals surface area contributed by atoms with Crippen molar-refractivity contribution in [2.24, 2.45) is 0 Å². The molecule has 1 saturated heterocycles. The SMILES string of the molecule is CNC(=O)c1cc(COc2nc(N3CC(O)C3)c(C#N)c(-c3ccccc3)c2C#N)ccn1. The minimum Gasteiger partial charge on any atom is -0.472 e. The Morgan fingerprint density at radius 1 is 1.21 bits per heavy atom. The van der Waals surface area contributed by atoms with Gasteiger partial charge in [-0.15, -0.1) is 0 Å². The molecule has 0 aliphatic carbocycles. The molecule has 1 aromatic carbocycles. The van der Waals surface area contributed by atoms with Gasteiger partial charge in [-0.1, -0.05) is 30.3 Å². The summed E-state index contributed by atoms with van der Waals surface area (Å²) in [5, 5.41) is 32.2. The fraction of sp³-hybridized carbons (Fsp3) is 0.208. The maximum Gasteiger partial charge on any atom is 0.269 e. The van der Waals surface area contributed by atoms with Gasteiger partial charge >= 0.3 is 0 Å². The summed E-state index contributed by atoms with van der Waals surface area (Å²) in [7, 11) is 1.52. The molecule has 2 N–H and O–H groups in total. The second kappa shape index (κ2) is 9.35. The summed E-state index contributed by atoms with van der Waals surface area (Å²) in [5.74, 6) is 0.109. The summed E-state index contributed by atoms with van der Waals surface area (Å²) in [5.41, 5.74) is 2.42. The number of pyridine rings is 2. The monoisotopic (exact) mass is 440 g/mol. The van der Waals surface area contributed by atoms with Gasteiger partial charge in [-0.2, -0.15) is 15.5 Å². The third-order valence-electron chi connectivity index (χ3n) is 5.25. The van der Waals surface area contributed by atoms with E-state index in [9.17, 15) is 20.4 Å². The molecule has 0 bridgehead atoms. The third kappa shape index (κ3) is 4.31. The van der Waals surface area contributed by atoms with Crippen LogP contribution in [0.2, 0.25) is 0 Å². The molecule has 9 heteroatoms. The Hall–Kier alpha value is -4.47. The topological polar surface area (TPSA) is 135 Å². The number of carbonyl (C=O) groups excluding carboxylic acids is 1. The van der Waals surface area contributed by atoms with Gasteiger partial charge < -0.3 is 20.1 Å². The summed E-state index contributed by atoms with van der Waals surface area (Å²) in [4.78, 5) is 22.2. The molecule has 0 saturated carbocycles. The molecule has 1 fully saturated rings. The summed E-state index contributed by atoms with van der Waals surface area (Å²) >= 11 is 0. The molecule has 164 valence electrons. The number of aliphatic hydroxyl groups is 1. The zero-order valence-corrected chi connectivity index (χ0v) is 17.8. The highest BCUT2D eigenvalue weighted by molar-refractivity contribution is 5.92. The van der Waals surface area contributed by atoms with Gasteiger partial charge in [0.2, 0.25) is 5.88 Å². The molecule has 1 amide bonds. The van der Waals surface area contributed by atoms with Crippen LogP contribution in [0, 0.1) is 22.7 Å². The van der Waals surface area contributed by atoms with Crippen molar-refractivity contribution in [2.75, 3.05) is 25.0 Å². The number of aromatic nitrogens is 2. The van der Waals surface area contributed by atoms with Gasteiger partial charge in [-0.3, -0.25) is 9.78 Å². The quantitative estimate of drug-likeness (QED) is 0.594. The van der Waals surface area contributed by atoms with Crippen LogP contribution in [0.25, 0.3) is 11.1 Å². The number of benzene rings is 1. The van der Waals surface area contributed by atoms with E-state index in [1.165, 1.54) is 13.2 Å². The lowest BCUT2D eigenvalue weighted by atomic mass is 9.95. The maximum atomic E-state index is 11.9. The Bertz CT molecular complexity index is 1270. The Balaban J connectivity index is 1.78. The van der Waals surface area contributed by atoms with Crippen LogP contribution >= 0.6 is 0 Å². The predicted octanol–water partition coefficient (Wildman–Crippen LogP) is 2.01. The van der Waals surface area contributed by atoms with Gasteiger partial charge in [0.25, 0.3) is 5.91 Å². The van der Waals surface area contributed by atoms with Crippen molar-refractivity contribution in [2.45, 2.75) is 12.7 Å². The first-order chi connectivity index (χ1) is 16.0. The zero-order valence-electron chi connectivity index (χ0n) is 17.8. The van der Waals surface area contributed by atoms with Crippen molar-refractivity contribution < 1.29 is 14.6 Å². The van der Waals surface area contributed by atoms with Crippen LogP contribution in [0.3, 0.4) is 0 Å². The van der Waals surface area contributed by atoms with Crippen LogP contribution in [0.4, 0.5) is 5.82 Å². The minimum absolute atomic E-state index is 0.0381. The molecule has 0 spiro atoms. The van der Waals surface area contributed by atoms with E-state index in [0.717, 1.165) is 0 Å². The van der Waals surface area contributed by atoms with Crippen LogP contribution in [-0.4, -0.2) is 47.2 Å². The largest absolute Gasteiger partial charge is 0.472 e. The van der Waals surface area contributed by atoms with Crippen molar-refractivity contribution in [3.63, 3.8) is 0 Å². The summed E-state index contributed by atoms with van der Waals surface area (Å²) in [6.45, 7) is 0.707. The Kier molecular flexibility index (Phi) is 6.16. The summed E-state index contributed by atoms with van der Waals surface area (Å²) < 4.78 is 5.94. The van der Waals surface area contributed by atoms with E-state index in [1.54, 1.807) is 17.0 Å².